The van der Waals surface area contributed by atoms with Gasteiger partial charge in [-0.2, -0.15) is 0 Å². The van der Waals surface area contributed by atoms with Gasteiger partial charge in [0.2, 0.25) is 0 Å². The number of hydrogen-bond donors (Lipinski definition) is 2. The SMILES string of the molecule is C[C@H](CC[C@H](O)C1CCCCC1)[C@H]1CC[C@H]2[C@@H]3CC=C4C[C@@](C)(O)CC[C@]4(C)[C@H]3CC[C@]12C. The number of aliphatic hydroxyl groups excluding tert-OH is 1. The van der Waals surface area contributed by atoms with E-state index in [1.54, 1.807) is 5.57 Å². The molecule has 5 aliphatic carbocycles. The van der Waals surface area contributed by atoms with E-state index in [2.05, 4.69) is 26.8 Å². The minimum atomic E-state index is -0.489. The van der Waals surface area contributed by atoms with Crippen molar-refractivity contribution in [1.82, 2.24) is 0 Å². The van der Waals surface area contributed by atoms with Crippen molar-refractivity contribution in [3.8, 4) is 0 Å². The maximum atomic E-state index is 10.9. The van der Waals surface area contributed by atoms with Crippen molar-refractivity contribution >= 4 is 0 Å². The van der Waals surface area contributed by atoms with Crippen molar-refractivity contribution in [2.45, 2.75) is 136 Å². The third kappa shape index (κ3) is 4.28. The van der Waals surface area contributed by atoms with Crippen molar-refractivity contribution in [2.24, 2.45) is 46.3 Å². The molecule has 0 saturated heterocycles. The number of allylic oxidation sites excluding steroid dienone is 1. The molecule has 2 heteroatoms. The summed E-state index contributed by atoms with van der Waals surface area (Å²) >= 11 is 0. The van der Waals surface area contributed by atoms with Gasteiger partial charge in [0.15, 0.2) is 0 Å². The normalized spacial score (nSPS) is 47.8. The van der Waals surface area contributed by atoms with Gasteiger partial charge < -0.3 is 10.2 Å². The second-order valence-corrected chi connectivity index (χ2v) is 14.2. The number of fused-ring (bicyclic) bond motifs is 5. The van der Waals surface area contributed by atoms with Crippen LogP contribution in [0.25, 0.3) is 0 Å². The van der Waals surface area contributed by atoms with Crippen LogP contribution >= 0.6 is 0 Å². The molecule has 0 aromatic heterocycles. The van der Waals surface area contributed by atoms with Gasteiger partial charge >= 0.3 is 0 Å². The fourth-order valence-corrected chi connectivity index (χ4v) is 10.2. The van der Waals surface area contributed by atoms with Crippen LogP contribution in [0.5, 0.6) is 0 Å². The molecule has 0 unspecified atom stereocenters. The van der Waals surface area contributed by atoms with Gasteiger partial charge in [-0.15, -0.1) is 0 Å². The zero-order valence-electron chi connectivity index (χ0n) is 22.1. The Morgan fingerprint density at radius 1 is 0.909 bits per heavy atom. The number of rotatable bonds is 5. The molecule has 0 bridgehead atoms. The molecule has 0 spiro atoms. The Morgan fingerprint density at radius 2 is 1.67 bits per heavy atom. The van der Waals surface area contributed by atoms with Crippen LogP contribution in [0, 0.1) is 46.3 Å². The highest BCUT2D eigenvalue weighted by Crippen LogP contribution is 2.67. The molecule has 4 fully saturated rings. The first-order chi connectivity index (χ1) is 15.6. The minimum Gasteiger partial charge on any atom is -0.393 e. The van der Waals surface area contributed by atoms with E-state index in [1.165, 1.54) is 77.0 Å². The Bertz CT molecular complexity index is 733. The lowest BCUT2D eigenvalue weighted by Gasteiger charge is -2.59. The van der Waals surface area contributed by atoms with Crippen molar-refractivity contribution in [3.63, 3.8) is 0 Å². The number of hydrogen-bond acceptors (Lipinski definition) is 2. The third-order valence-corrected chi connectivity index (χ3v) is 12.3. The molecule has 2 nitrogen and oxygen atoms in total. The summed E-state index contributed by atoms with van der Waals surface area (Å²) in [7, 11) is 0. The highest BCUT2D eigenvalue weighted by Gasteiger charge is 2.59. The minimum absolute atomic E-state index is 0.0566. The Labute approximate surface area is 204 Å². The summed E-state index contributed by atoms with van der Waals surface area (Å²) in [6.07, 6.45) is 21.2. The first-order valence-electron chi connectivity index (χ1n) is 14.7. The molecule has 33 heavy (non-hydrogen) atoms. The lowest BCUT2D eigenvalue weighted by molar-refractivity contribution is -0.0711. The summed E-state index contributed by atoms with van der Waals surface area (Å²) in [5.41, 5.74) is 1.93. The van der Waals surface area contributed by atoms with Crippen LogP contribution < -0.4 is 0 Å². The van der Waals surface area contributed by atoms with Crippen molar-refractivity contribution in [3.05, 3.63) is 11.6 Å². The first-order valence-corrected chi connectivity index (χ1v) is 14.7. The van der Waals surface area contributed by atoms with Gasteiger partial charge in [0.25, 0.3) is 0 Å². The average molecular weight is 457 g/mol. The zero-order chi connectivity index (χ0) is 23.4. The molecule has 0 aliphatic heterocycles. The molecular formula is C31H52O2. The Kier molecular flexibility index (Phi) is 6.61. The second kappa shape index (κ2) is 8.95. The smallest absolute Gasteiger partial charge is 0.0657 e. The van der Waals surface area contributed by atoms with Gasteiger partial charge in [-0.1, -0.05) is 51.7 Å². The third-order valence-electron chi connectivity index (χ3n) is 12.3. The second-order valence-electron chi connectivity index (χ2n) is 14.2. The van der Waals surface area contributed by atoms with Crippen LogP contribution in [0.1, 0.15) is 124 Å². The van der Waals surface area contributed by atoms with Crippen LogP contribution in [0.15, 0.2) is 11.6 Å². The van der Waals surface area contributed by atoms with E-state index in [0.29, 0.717) is 16.7 Å². The van der Waals surface area contributed by atoms with Crippen LogP contribution in [0.4, 0.5) is 0 Å². The highest BCUT2D eigenvalue weighted by atomic mass is 16.3. The highest BCUT2D eigenvalue weighted by molar-refractivity contribution is 5.26. The van der Waals surface area contributed by atoms with Crippen LogP contribution in [-0.2, 0) is 0 Å². The predicted octanol–water partition coefficient (Wildman–Crippen LogP) is 7.67. The topological polar surface area (TPSA) is 40.5 Å². The molecule has 4 saturated carbocycles. The van der Waals surface area contributed by atoms with Gasteiger partial charge in [-0.3, -0.25) is 0 Å². The van der Waals surface area contributed by atoms with Crippen LogP contribution in [-0.4, -0.2) is 21.9 Å². The summed E-state index contributed by atoms with van der Waals surface area (Å²) in [4.78, 5) is 0. The summed E-state index contributed by atoms with van der Waals surface area (Å²) < 4.78 is 0. The van der Waals surface area contributed by atoms with E-state index in [9.17, 15) is 10.2 Å². The molecule has 5 rings (SSSR count). The molecule has 188 valence electrons. The maximum absolute atomic E-state index is 10.9. The molecule has 9 atom stereocenters. The Morgan fingerprint density at radius 3 is 2.42 bits per heavy atom. The number of aliphatic hydroxyl groups is 2. The molecular weight excluding hydrogens is 404 g/mol. The lowest BCUT2D eigenvalue weighted by atomic mass is 9.46. The first kappa shape index (κ1) is 24.4. The van der Waals surface area contributed by atoms with E-state index in [4.69, 9.17) is 0 Å². The molecule has 2 N–H and O–H groups in total. The predicted molar refractivity (Wildman–Crippen MR) is 137 cm³/mol. The van der Waals surface area contributed by atoms with Gasteiger partial charge in [0, 0.05) is 0 Å². The molecule has 0 heterocycles. The monoisotopic (exact) mass is 456 g/mol. The summed E-state index contributed by atoms with van der Waals surface area (Å²) in [6, 6.07) is 0. The zero-order valence-corrected chi connectivity index (χ0v) is 22.1. The molecule has 5 aliphatic rings. The van der Waals surface area contributed by atoms with E-state index in [0.717, 1.165) is 48.9 Å². The van der Waals surface area contributed by atoms with Gasteiger partial charge in [-0.05, 0) is 130 Å². The average Bonchev–Trinajstić information content (AvgIpc) is 3.15. The van der Waals surface area contributed by atoms with Gasteiger partial charge in [-0.25, -0.2) is 0 Å². The maximum Gasteiger partial charge on any atom is 0.0657 e. The molecule has 0 aromatic carbocycles. The van der Waals surface area contributed by atoms with Crippen molar-refractivity contribution < 1.29 is 10.2 Å². The Hall–Kier alpha value is -0.340. The van der Waals surface area contributed by atoms with E-state index in [1.807, 2.05) is 6.92 Å². The molecule has 0 amide bonds. The fourth-order valence-electron chi connectivity index (χ4n) is 10.2. The van der Waals surface area contributed by atoms with Crippen LogP contribution in [0.2, 0.25) is 0 Å². The van der Waals surface area contributed by atoms with Crippen molar-refractivity contribution in [1.29, 1.82) is 0 Å². The van der Waals surface area contributed by atoms with E-state index >= 15 is 0 Å². The summed E-state index contributed by atoms with van der Waals surface area (Å²) in [5, 5.41) is 21.6. The summed E-state index contributed by atoms with van der Waals surface area (Å²) in [6.45, 7) is 9.77. The fraction of sp³-hybridized carbons (Fsp3) is 0.935. The van der Waals surface area contributed by atoms with E-state index < -0.39 is 5.60 Å². The van der Waals surface area contributed by atoms with Gasteiger partial charge in [0.05, 0.1) is 11.7 Å². The molecule has 0 aromatic rings. The van der Waals surface area contributed by atoms with Crippen LogP contribution in [0.3, 0.4) is 0 Å². The summed E-state index contributed by atoms with van der Waals surface area (Å²) in [5.74, 6) is 4.72. The standard InChI is InChI=1S/C31H52O2/c1-21(10-15-28(32)22-8-6-5-7-9-22)25-13-14-26-24-12-11-23-20-29(2,33)18-19-30(23,3)27(24)16-17-31(25,26)4/h11,21-22,24-28,32-33H,5-10,12-20H2,1-4H3/t21-,24+,25-,26+,27+,28+,29+,30+,31-/m1/s1. The molecule has 0 radical (unpaired) electrons. The van der Waals surface area contributed by atoms with Gasteiger partial charge in [0.1, 0.15) is 0 Å². The quantitative estimate of drug-likeness (QED) is 0.417. The Balaban J connectivity index is 1.25. The lowest BCUT2D eigenvalue weighted by Crippen LogP contribution is -2.52. The largest absolute Gasteiger partial charge is 0.393 e. The van der Waals surface area contributed by atoms with E-state index in [-0.39, 0.29) is 6.10 Å². The van der Waals surface area contributed by atoms with Crippen molar-refractivity contribution in [2.75, 3.05) is 0 Å².